The predicted molar refractivity (Wildman–Crippen MR) is 103 cm³/mol. The summed E-state index contributed by atoms with van der Waals surface area (Å²) in [6.45, 7) is 5.57. The molecule has 0 bridgehead atoms. The van der Waals surface area contributed by atoms with Crippen molar-refractivity contribution < 1.29 is 9.13 Å². The summed E-state index contributed by atoms with van der Waals surface area (Å²) in [5.74, 6) is 0.726. The Bertz CT molecular complexity index is 616. The molecule has 2 fully saturated rings. The van der Waals surface area contributed by atoms with E-state index >= 15 is 0 Å². The second kappa shape index (κ2) is 9.21. The van der Waals surface area contributed by atoms with Gasteiger partial charge in [-0.15, -0.1) is 0 Å². The fourth-order valence-electron chi connectivity index (χ4n) is 4.00. The quantitative estimate of drug-likeness (QED) is 0.603. The molecule has 1 saturated carbocycles. The van der Waals surface area contributed by atoms with E-state index in [4.69, 9.17) is 4.74 Å². The van der Waals surface area contributed by atoms with Gasteiger partial charge in [-0.25, -0.2) is 9.38 Å². The van der Waals surface area contributed by atoms with Crippen molar-refractivity contribution in [3.8, 4) is 5.75 Å². The summed E-state index contributed by atoms with van der Waals surface area (Å²) in [5.41, 5.74) is 0.833. The Morgan fingerprint density at radius 2 is 2.12 bits per heavy atom. The van der Waals surface area contributed by atoms with Gasteiger partial charge in [0.2, 0.25) is 0 Å². The molecule has 3 rings (SSSR count). The lowest BCUT2D eigenvalue weighted by molar-refractivity contribution is 0.242. The van der Waals surface area contributed by atoms with E-state index in [0.29, 0.717) is 12.6 Å². The lowest BCUT2D eigenvalue weighted by atomic mass is 10.2. The lowest BCUT2D eigenvalue weighted by Crippen LogP contribution is -2.45. The zero-order valence-corrected chi connectivity index (χ0v) is 15.9. The lowest BCUT2D eigenvalue weighted by Gasteiger charge is -2.24. The van der Waals surface area contributed by atoms with Gasteiger partial charge in [-0.2, -0.15) is 0 Å². The van der Waals surface area contributed by atoms with Crippen LogP contribution in [0.25, 0.3) is 0 Å². The third kappa shape index (κ3) is 4.87. The van der Waals surface area contributed by atoms with E-state index < -0.39 is 0 Å². The number of hydrogen-bond donors (Lipinski definition) is 2. The van der Waals surface area contributed by atoms with Crippen LogP contribution in [-0.2, 0) is 6.54 Å². The summed E-state index contributed by atoms with van der Waals surface area (Å²) in [6.07, 6.45) is 6.61. The molecule has 1 aliphatic heterocycles. The molecular weight excluding hydrogens is 331 g/mol. The highest BCUT2D eigenvalue weighted by atomic mass is 19.1. The van der Waals surface area contributed by atoms with Crippen molar-refractivity contribution in [1.29, 1.82) is 0 Å². The Labute approximate surface area is 156 Å². The van der Waals surface area contributed by atoms with Crippen LogP contribution in [0.1, 0.15) is 44.6 Å². The van der Waals surface area contributed by atoms with Crippen molar-refractivity contribution in [3.05, 3.63) is 29.6 Å². The molecule has 1 aliphatic carbocycles. The number of halogens is 1. The van der Waals surface area contributed by atoms with Gasteiger partial charge in [0.05, 0.1) is 13.7 Å². The van der Waals surface area contributed by atoms with Gasteiger partial charge in [-0.3, -0.25) is 4.90 Å². The minimum atomic E-state index is -0.346. The van der Waals surface area contributed by atoms with Crippen LogP contribution in [0.2, 0.25) is 0 Å². The maximum absolute atomic E-state index is 13.8. The van der Waals surface area contributed by atoms with Gasteiger partial charge in [-0.1, -0.05) is 18.9 Å². The second-order valence-corrected chi connectivity index (χ2v) is 7.23. The number of hydrogen-bond acceptors (Lipinski definition) is 3. The maximum Gasteiger partial charge on any atom is 0.191 e. The molecule has 0 radical (unpaired) electrons. The van der Waals surface area contributed by atoms with Gasteiger partial charge in [0.25, 0.3) is 0 Å². The number of guanidine groups is 1. The highest BCUT2D eigenvalue weighted by Gasteiger charge is 2.30. The van der Waals surface area contributed by atoms with Crippen LogP contribution < -0.4 is 15.4 Å². The molecule has 1 heterocycles. The van der Waals surface area contributed by atoms with Gasteiger partial charge < -0.3 is 15.4 Å². The van der Waals surface area contributed by atoms with Gasteiger partial charge in [-0.05, 0) is 43.9 Å². The molecule has 5 nitrogen and oxygen atoms in total. The molecule has 2 N–H and O–H groups in total. The maximum atomic E-state index is 13.8. The first kappa shape index (κ1) is 19.0. The van der Waals surface area contributed by atoms with Crippen LogP contribution in [0.5, 0.6) is 5.75 Å². The Kier molecular flexibility index (Phi) is 6.72. The Morgan fingerprint density at radius 1 is 1.31 bits per heavy atom. The molecule has 1 aromatic rings. The second-order valence-electron chi connectivity index (χ2n) is 7.23. The van der Waals surface area contributed by atoms with E-state index in [9.17, 15) is 4.39 Å². The first-order valence-corrected chi connectivity index (χ1v) is 9.81. The van der Waals surface area contributed by atoms with Crippen LogP contribution in [-0.4, -0.2) is 49.7 Å². The number of ether oxygens (including phenoxy) is 1. The smallest absolute Gasteiger partial charge is 0.191 e. The molecule has 1 aromatic carbocycles. The van der Waals surface area contributed by atoms with E-state index in [2.05, 4.69) is 27.4 Å². The number of aliphatic imine (C=N–C) groups is 1. The third-order valence-electron chi connectivity index (χ3n) is 5.38. The number of nitrogens with one attached hydrogen (secondary N) is 2. The van der Waals surface area contributed by atoms with E-state index in [1.165, 1.54) is 45.4 Å². The predicted octanol–water partition coefficient (Wildman–Crippen LogP) is 2.91. The molecule has 0 amide bonds. The topological polar surface area (TPSA) is 48.9 Å². The summed E-state index contributed by atoms with van der Waals surface area (Å²) in [4.78, 5) is 7.27. The SMILES string of the molecule is CCNC(=NCc1ccc(OC)c(F)c1)NC1CCN(C2CCCC2)C1. The summed E-state index contributed by atoms with van der Waals surface area (Å²) in [5, 5.41) is 6.86. The molecule has 0 spiro atoms. The average molecular weight is 362 g/mol. The Hall–Kier alpha value is -1.82. The number of rotatable bonds is 6. The number of methoxy groups -OCH3 is 1. The molecule has 1 atom stereocenters. The molecule has 1 saturated heterocycles. The molecule has 6 heteroatoms. The van der Waals surface area contributed by atoms with E-state index in [0.717, 1.165) is 37.1 Å². The van der Waals surface area contributed by atoms with Crippen LogP contribution in [0.3, 0.4) is 0 Å². The summed E-state index contributed by atoms with van der Waals surface area (Å²) >= 11 is 0. The minimum Gasteiger partial charge on any atom is -0.494 e. The van der Waals surface area contributed by atoms with E-state index in [1.807, 2.05) is 6.07 Å². The Morgan fingerprint density at radius 3 is 2.81 bits per heavy atom. The average Bonchev–Trinajstić information content (AvgIpc) is 3.31. The van der Waals surface area contributed by atoms with Crippen LogP contribution in [0.4, 0.5) is 4.39 Å². The number of nitrogens with zero attached hydrogens (tertiary/aromatic N) is 2. The highest BCUT2D eigenvalue weighted by Crippen LogP contribution is 2.26. The summed E-state index contributed by atoms with van der Waals surface area (Å²) in [7, 11) is 1.47. The van der Waals surface area contributed by atoms with Gasteiger partial charge in [0.1, 0.15) is 0 Å². The monoisotopic (exact) mass is 362 g/mol. The van der Waals surface area contributed by atoms with Crippen molar-refractivity contribution in [2.75, 3.05) is 26.7 Å². The summed E-state index contributed by atoms with van der Waals surface area (Å²) in [6, 6.07) is 6.21. The standard InChI is InChI=1S/C20H31FN4O/c1-3-22-20(23-13-15-8-9-19(26-2)18(21)12-15)24-16-10-11-25(14-16)17-6-4-5-7-17/h8-9,12,16-17H,3-7,10-11,13-14H2,1-2H3,(H2,22,23,24). The molecule has 26 heavy (non-hydrogen) atoms. The minimum absolute atomic E-state index is 0.265. The van der Waals surface area contributed by atoms with E-state index in [1.54, 1.807) is 6.07 Å². The zero-order valence-electron chi connectivity index (χ0n) is 15.9. The fraction of sp³-hybridized carbons (Fsp3) is 0.650. The number of likely N-dealkylation sites (tertiary alicyclic amines) is 1. The first-order valence-electron chi connectivity index (χ1n) is 9.81. The van der Waals surface area contributed by atoms with Crippen LogP contribution >= 0.6 is 0 Å². The van der Waals surface area contributed by atoms with Crippen molar-refractivity contribution in [1.82, 2.24) is 15.5 Å². The van der Waals surface area contributed by atoms with Crippen molar-refractivity contribution in [2.24, 2.45) is 4.99 Å². The molecular formula is C20H31FN4O. The number of benzene rings is 1. The van der Waals surface area contributed by atoms with Gasteiger partial charge >= 0.3 is 0 Å². The van der Waals surface area contributed by atoms with Crippen molar-refractivity contribution >= 4 is 5.96 Å². The summed E-state index contributed by atoms with van der Waals surface area (Å²) < 4.78 is 18.8. The molecule has 1 unspecified atom stereocenters. The van der Waals surface area contributed by atoms with Crippen LogP contribution in [0, 0.1) is 5.82 Å². The van der Waals surface area contributed by atoms with E-state index in [-0.39, 0.29) is 11.6 Å². The first-order chi connectivity index (χ1) is 12.7. The third-order valence-corrected chi connectivity index (χ3v) is 5.38. The van der Waals surface area contributed by atoms with Gasteiger partial charge in [0, 0.05) is 31.7 Å². The fourth-order valence-corrected chi connectivity index (χ4v) is 4.00. The zero-order chi connectivity index (χ0) is 18.4. The van der Waals surface area contributed by atoms with Crippen LogP contribution in [0.15, 0.2) is 23.2 Å². The normalized spacial score (nSPS) is 22.0. The highest BCUT2D eigenvalue weighted by molar-refractivity contribution is 5.80. The molecule has 0 aromatic heterocycles. The Balaban J connectivity index is 1.56. The molecule has 2 aliphatic rings. The largest absolute Gasteiger partial charge is 0.494 e. The van der Waals surface area contributed by atoms with Crippen molar-refractivity contribution in [2.45, 2.75) is 57.7 Å². The van der Waals surface area contributed by atoms with Crippen molar-refractivity contribution in [3.63, 3.8) is 0 Å². The van der Waals surface area contributed by atoms with Gasteiger partial charge in [0.15, 0.2) is 17.5 Å². The molecule has 144 valence electrons.